The maximum Gasteiger partial charge on any atom is 0.409 e. The molecule has 1 aromatic heterocycles. The lowest BCUT2D eigenvalue weighted by molar-refractivity contribution is -0.131. The van der Waals surface area contributed by atoms with Gasteiger partial charge in [-0.05, 0) is 51.1 Å². The van der Waals surface area contributed by atoms with Gasteiger partial charge in [0, 0.05) is 56.4 Å². The number of carbonyl (C=O) groups excluding carboxylic acids is 3. The van der Waals surface area contributed by atoms with Crippen LogP contribution in [0.5, 0.6) is 0 Å². The molecule has 2 aliphatic heterocycles. The summed E-state index contributed by atoms with van der Waals surface area (Å²) in [6.45, 7) is 4.66. The summed E-state index contributed by atoms with van der Waals surface area (Å²) in [6.07, 6.45) is 3.72. The Morgan fingerprint density at radius 2 is 1.90 bits per heavy atom. The third kappa shape index (κ3) is 6.22. The number of amides is 3. The molecule has 0 aromatic carbocycles. The first-order valence-electron chi connectivity index (χ1n) is 12.7. The highest BCUT2D eigenvalue weighted by molar-refractivity contribution is 7.92. The van der Waals surface area contributed by atoms with Crippen molar-refractivity contribution in [2.45, 2.75) is 37.5 Å². The number of nitrogens with zero attached hydrogens (tertiary/aromatic N) is 4. The summed E-state index contributed by atoms with van der Waals surface area (Å²) < 4.78 is 29.4. The number of carbonyl (C=O) groups is 3. The summed E-state index contributed by atoms with van der Waals surface area (Å²) in [5.74, 6) is 10.7. The lowest BCUT2D eigenvalue weighted by Crippen LogP contribution is -2.50. The number of piperazine rings is 1. The summed E-state index contributed by atoms with van der Waals surface area (Å²) in [5, 5.41) is 8.97. The SMILES string of the molecule is CN1CCN(C(=O)OCC2(C#CC#Cc3cc4n(c3)C(=O)N(CC[C@](C)(C(=O)NO)S(C)(=O)=O)C4)CC2)CC1. The van der Waals surface area contributed by atoms with Gasteiger partial charge in [-0.2, -0.15) is 0 Å². The van der Waals surface area contributed by atoms with Gasteiger partial charge < -0.3 is 19.4 Å². The predicted octanol–water partition coefficient (Wildman–Crippen LogP) is 0.490. The van der Waals surface area contributed by atoms with Crippen molar-refractivity contribution in [2.75, 3.05) is 52.6 Å². The highest BCUT2D eigenvalue weighted by atomic mass is 32.2. The van der Waals surface area contributed by atoms with Crippen molar-refractivity contribution in [3.8, 4) is 23.7 Å². The minimum atomic E-state index is -3.86. The number of aromatic nitrogens is 1. The zero-order chi connectivity index (χ0) is 28.4. The molecule has 1 atom stereocenters. The lowest BCUT2D eigenvalue weighted by atomic mass is 10.1. The molecule has 1 saturated heterocycles. The highest BCUT2D eigenvalue weighted by Gasteiger charge is 2.45. The van der Waals surface area contributed by atoms with Crippen LogP contribution < -0.4 is 5.48 Å². The van der Waals surface area contributed by atoms with Crippen molar-refractivity contribution in [3.05, 3.63) is 23.5 Å². The van der Waals surface area contributed by atoms with Gasteiger partial charge in [0.1, 0.15) is 6.61 Å². The van der Waals surface area contributed by atoms with Crippen LogP contribution >= 0.6 is 0 Å². The second-order valence-electron chi connectivity index (χ2n) is 10.6. The van der Waals surface area contributed by atoms with E-state index in [-0.39, 0.29) is 43.7 Å². The number of hydroxylamine groups is 1. The monoisotopic (exact) mass is 559 g/mol. The second kappa shape index (κ2) is 10.9. The molecule has 2 N–H and O–H groups in total. The summed E-state index contributed by atoms with van der Waals surface area (Å²) in [4.78, 5) is 42.4. The van der Waals surface area contributed by atoms with Crippen molar-refractivity contribution in [1.82, 2.24) is 24.7 Å². The molecule has 1 saturated carbocycles. The fraction of sp³-hybridized carbons (Fsp3) is 0.577. The molecule has 1 aliphatic carbocycles. The maximum absolute atomic E-state index is 12.8. The Balaban J connectivity index is 1.30. The van der Waals surface area contributed by atoms with Crippen LogP contribution in [0.25, 0.3) is 0 Å². The number of hydrogen-bond donors (Lipinski definition) is 2. The number of nitrogens with one attached hydrogen (secondary N) is 1. The number of rotatable bonds is 7. The van der Waals surface area contributed by atoms with Crippen LogP contribution in [0.4, 0.5) is 9.59 Å². The Labute approximate surface area is 228 Å². The van der Waals surface area contributed by atoms with Crippen molar-refractivity contribution in [1.29, 1.82) is 0 Å². The molecular formula is C26H33N5O7S. The quantitative estimate of drug-likeness (QED) is 0.279. The minimum Gasteiger partial charge on any atom is -0.448 e. The van der Waals surface area contributed by atoms with Gasteiger partial charge in [0.2, 0.25) is 0 Å². The van der Waals surface area contributed by atoms with E-state index >= 15 is 0 Å². The third-order valence-electron chi connectivity index (χ3n) is 7.67. The molecule has 13 heteroatoms. The molecule has 3 heterocycles. The van der Waals surface area contributed by atoms with Crippen LogP contribution in [0.1, 0.15) is 37.4 Å². The standard InChI is InChI=1S/C26H33N5O7S/c1-25(22(32)27-35,39(3,36)37)10-11-30-18-21-16-20(17-31(21)23(30)33)6-4-5-7-26(8-9-26)19-38-24(34)29-14-12-28(2)13-15-29/h16-17,35H,8-15,18-19H2,1-3H3,(H,27,32)/t25-/m1/s1. The molecule has 0 spiro atoms. The maximum atomic E-state index is 12.8. The molecule has 3 amide bonds. The molecule has 39 heavy (non-hydrogen) atoms. The fourth-order valence-electron chi connectivity index (χ4n) is 4.40. The van der Waals surface area contributed by atoms with E-state index in [1.54, 1.807) is 17.2 Å². The van der Waals surface area contributed by atoms with Crippen LogP contribution in [-0.4, -0.2) is 108 Å². The number of ether oxygens (including phenoxy) is 1. The zero-order valence-corrected chi connectivity index (χ0v) is 23.1. The Hall–Kier alpha value is -3.52. The van der Waals surface area contributed by atoms with E-state index in [4.69, 9.17) is 9.94 Å². The van der Waals surface area contributed by atoms with Crippen molar-refractivity contribution in [3.63, 3.8) is 0 Å². The normalized spacial score (nSPS) is 19.6. The van der Waals surface area contributed by atoms with Gasteiger partial charge in [-0.25, -0.2) is 23.5 Å². The Morgan fingerprint density at radius 3 is 2.49 bits per heavy atom. The fourth-order valence-corrected chi connectivity index (χ4v) is 5.25. The van der Waals surface area contributed by atoms with Gasteiger partial charge in [-0.3, -0.25) is 14.6 Å². The smallest absolute Gasteiger partial charge is 0.409 e. The number of hydrogen-bond acceptors (Lipinski definition) is 8. The van der Waals surface area contributed by atoms with E-state index in [1.165, 1.54) is 21.9 Å². The summed E-state index contributed by atoms with van der Waals surface area (Å²) in [5.41, 5.74) is 2.35. The van der Waals surface area contributed by atoms with Gasteiger partial charge in [0.05, 0.1) is 12.0 Å². The summed E-state index contributed by atoms with van der Waals surface area (Å²) in [6, 6.07) is 1.40. The molecule has 4 rings (SSSR count). The number of likely N-dealkylation sites (N-methyl/N-ethyl adjacent to an activating group) is 1. The molecule has 210 valence electrons. The predicted molar refractivity (Wildman–Crippen MR) is 140 cm³/mol. The van der Waals surface area contributed by atoms with E-state index in [0.717, 1.165) is 32.2 Å². The summed E-state index contributed by atoms with van der Waals surface area (Å²) in [7, 11) is -1.83. The molecule has 2 fully saturated rings. The number of fused-ring (bicyclic) bond motifs is 1. The first-order chi connectivity index (χ1) is 18.4. The van der Waals surface area contributed by atoms with Gasteiger partial charge in [0.15, 0.2) is 14.6 Å². The van der Waals surface area contributed by atoms with Crippen molar-refractivity contribution in [2.24, 2.45) is 5.41 Å². The van der Waals surface area contributed by atoms with Gasteiger partial charge >= 0.3 is 12.1 Å². The molecular weight excluding hydrogens is 526 g/mol. The molecule has 0 radical (unpaired) electrons. The van der Waals surface area contributed by atoms with Gasteiger partial charge in [-0.15, -0.1) is 0 Å². The molecule has 0 unspecified atom stereocenters. The van der Waals surface area contributed by atoms with E-state index < -0.39 is 20.5 Å². The zero-order valence-electron chi connectivity index (χ0n) is 22.3. The van der Waals surface area contributed by atoms with Crippen LogP contribution in [0.2, 0.25) is 0 Å². The van der Waals surface area contributed by atoms with E-state index in [2.05, 4.69) is 28.6 Å². The average Bonchev–Trinajstić information content (AvgIpc) is 3.46. The first kappa shape index (κ1) is 28.5. The largest absolute Gasteiger partial charge is 0.448 e. The third-order valence-corrected chi connectivity index (χ3v) is 9.70. The highest BCUT2D eigenvalue weighted by Crippen LogP contribution is 2.45. The minimum absolute atomic E-state index is 0.00541. The van der Waals surface area contributed by atoms with Gasteiger partial charge in [0.25, 0.3) is 5.91 Å². The van der Waals surface area contributed by atoms with Crippen LogP contribution in [0, 0.1) is 29.1 Å². The second-order valence-corrected chi connectivity index (χ2v) is 13.1. The van der Waals surface area contributed by atoms with Crippen molar-refractivity contribution < 1.29 is 32.7 Å². The van der Waals surface area contributed by atoms with E-state index in [0.29, 0.717) is 24.3 Å². The Morgan fingerprint density at radius 1 is 1.21 bits per heavy atom. The Kier molecular flexibility index (Phi) is 7.98. The van der Waals surface area contributed by atoms with Crippen LogP contribution in [-0.2, 0) is 25.9 Å². The summed E-state index contributed by atoms with van der Waals surface area (Å²) >= 11 is 0. The molecule has 12 nitrogen and oxygen atoms in total. The molecule has 3 aliphatic rings. The van der Waals surface area contributed by atoms with E-state index in [1.807, 2.05) is 7.05 Å². The van der Waals surface area contributed by atoms with E-state index in [9.17, 15) is 22.8 Å². The van der Waals surface area contributed by atoms with Crippen LogP contribution in [0.15, 0.2) is 12.3 Å². The average molecular weight is 560 g/mol. The molecule has 1 aromatic rings. The van der Waals surface area contributed by atoms with Crippen molar-refractivity contribution >= 4 is 27.9 Å². The first-order valence-corrected chi connectivity index (χ1v) is 14.5. The van der Waals surface area contributed by atoms with Gasteiger partial charge in [-0.1, -0.05) is 11.8 Å². The topological polar surface area (TPSA) is 141 Å². The number of sulfone groups is 1. The van der Waals surface area contributed by atoms with Crippen LogP contribution in [0.3, 0.4) is 0 Å². The molecule has 0 bridgehead atoms. The Bertz CT molecular complexity index is 1380. The lowest BCUT2D eigenvalue weighted by Gasteiger charge is -2.31.